The maximum absolute atomic E-state index is 8.65. The van der Waals surface area contributed by atoms with Crippen molar-refractivity contribution in [2.45, 2.75) is 57.5 Å². The van der Waals surface area contributed by atoms with Crippen molar-refractivity contribution >= 4 is 0 Å². The molecular weight excluding hydrogens is 150 g/mol. The van der Waals surface area contributed by atoms with Crippen LogP contribution in [0.2, 0.25) is 0 Å². The van der Waals surface area contributed by atoms with Crippen LogP contribution in [0.5, 0.6) is 0 Å². The van der Waals surface area contributed by atoms with Crippen molar-refractivity contribution in [3.8, 4) is 0 Å². The molecule has 0 radical (unpaired) electrons. The third kappa shape index (κ3) is 3.55. The highest BCUT2D eigenvalue weighted by Crippen LogP contribution is 2.18. The number of hydrogen-bond acceptors (Lipinski definition) is 2. The molecule has 12 heavy (non-hydrogen) atoms. The van der Waals surface area contributed by atoms with Gasteiger partial charge in [0.25, 0.3) is 0 Å². The monoisotopic (exact) mass is 171 g/mol. The molecule has 2 N–H and O–H groups in total. The lowest BCUT2D eigenvalue weighted by Crippen LogP contribution is -2.34. The summed E-state index contributed by atoms with van der Waals surface area (Å²) in [5, 5.41) is 12.3. The highest BCUT2D eigenvalue weighted by molar-refractivity contribution is 4.76. The topological polar surface area (TPSA) is 32.3 Å². The Kier molecular flexibility index (Phi) is 4.62. The second-order valence-electron chi connectivity index (χ2n) is 3.91. The zero-order chi connectivity index (χ0) is 8.81. The normalized spacial score (nSPS) is 21.5. The predicted molar refractivity (Wildman–Crippen MR) is 51.2 cm³/mol. The van der Waals surface area contributed by atoms with Crippen LogP contribution < -0.4 is 5.32 Å². The van der Waals surface area contributed by atoms with Gasteiger partial charge in [0.2, 0.25) is 0 Å². The Bertz CT molecular complexity index is 110. The molecule has 2 heteroatoms. The van der Waals surface area contributed by atoms with Gasteiger partial charge in [-0.3, -0.25) is 0 Å². The molecule has 0 heterocycles. The van der Waals surface area contributed by atoms with Crippen LogP contribution in [0.15, 0.2) is 0 Å². The van der Waals surface area contributed by atoms with Crippen molar-refractivity contribution in [3.63, 3.8) is 0 Å². The molecule has 1 rings (SSSR count). The van der Waals surface area contributed by atoms with E-state index in [0.717, 1.165) is 18.9 Å². The first-order chi connectivity index (χ1) is 5.83. The Labute approximate surface area is 75.4 Å². The molecule has 0 aromatic carbocycles. The van der Waals surface area contributed by atoms with E-state index in [1.807, 2.05) is 0 Å². The summed E-state index contributed by atoms with van der Waals surface area (Å²) in [6.07, 6.45) is 7.52. The van der Waals surface area contributed by atoms with E-state index in [4.69, 9.17) is 5.11 Å². The standard InChI is InChI=1S/C10H21NO/c1-9(5-4-8-12)11-10-6-2-3-7-10/h9-12H,2-8H2,1H3. The minimum Gasteiger partial charge on any atom is -0.396 e. The molecule has 1 atom stereocenters. The van der Waals surface area contributed by atoms with Crippen molar-refractivity contribution in [1.82, 2.24) is 5.32 Å². The van der Waals surface area contributed by atoms with E-state index in [1.165, 1.54) is 25.7 Å². The first-order valence-electron chi connectivity index (χ1n) is 5.20. The molecule has 0 aliphatic heterocycles. The Hall–Kier alpha value is -0.0800. The second kappa shape index (κ2) is 5.55. The summed E-state index contributed by atoms with van der Waals surface area (Å²) in [7, 11) is 0. The lowest BCUT2D eigenvalue weighted by molar-refractivity contribution is 0.273. The van der Waals surface area contributed by atoms with E-state index in [0.29, 0.717) is 12.6 Å². The van der Waals surface area contributed by atoms with Gasteiger partial charge in [0.15, 0.2) is 0 Å². The molecule has 0 aromatic heterocycles. The van der Waals surface area contributed by atoms with Crippen molar-refractivity contribution in [1.29, 1.82) is 0 Å². The largest absolute Gasteiger partial charge is 0.396 e. The maximum Gasteiger partial charge on any atom is 0.0431 e. The van der Waals surface area contributed by atoms with Gasteiger partial charge >= 0.3 is 0 Å². The number of rotatable bonds is 5. The summed E-state index contributed by atoms with van der Waals surface area (Å²) in [5.74, 6) is 0. The van der Waals surface area contributed by atoms with E-state index in [-0.39, 0.29) is 0 Å². The molecule has 1 unspecified atom stereocenters. The summed E-state index contributed by atoms with van der Waals surface area (Å²) in [6, 6.07) is 1.35. The van der Waals surface area contributed by atoms with Crippen molar-refractivity contribution < 1.29 is 5.11 Å². The van der Waals surface area contributed by atoms with Gasteiger partial charge in [0.1, 0.15) is 0 Å². The average molecular weight is 171 g/mol. The van der Waals surface area contributed by atoms with E-state index >= 15 is 0 Å². The zero-order valence-corrected chi connectivity index (χ0v) is 8.05. The van der Waals surface area contributed by atoms with Gasteiger partial charge in [-0.05, 0) is 32.6 Å². The van der Waals surface area contributed by atoms with Crippen LogP contribution in [0.4, 0.5) is 0 Å². The minimum atomic E-state index is 0.330. The van der Waals surface area contributed by atoms with Gasteiger partial charge in [-0.15, -0.1) is 0 Å². The van der Waals surface area contributed by atoms with Crippen molar-refractivity contribution in [3.05, 3.63) is 0 Å². The summed E-state index contributed by atoms with van der Waals surface area (Å²) in [4.78, 5) is 0. The third-order valence-electron chi connectivity index (χ3n) is 2.67. The van der Waals surface area contributed by atoms with Gasteiger partial charge < -0.3 is 10.4 Å². The van der Waals surface area contributed by atoms with Crippen molar-refractivity contribution in [2.24, 2.45) is 0 Å². The van der Waals surface area contributed by atoms with Crippen molar-refractivity contribution in [2.75, 3.05) is 6.61 Å². The lowest BCUT2D eigenvalue weighted by atomic mass is 10.1. The summed E-state index contributed by atoms with van der Waals surface area (Å²) >= 11 is 0. The van der Waals surface area contributed by atoms with Crippen LogP contribution in [0.1, 0.15) is 45.4 Å². The Morgan fingerprint density at radius 1 is 1.42 bits per heavy atom. The summed E-state index contributed by atoms with van der Waals surface area (Å²) < 4.78 is 0. The fraction of sp³-hybridized carbons (Fsp3) is 1.00. The molecule has 72 valence electrons. The Morgan fingerprint density at radius 2 is 2.08 bits per heavy atom. The quantitative estimate of drug-likeness (QED) is 0.659. The SMILES string of the molecule is CC(CCCO)NC1CCCC1. The Balaban J connectivity index is 2.03. The first-order valence-corrected chi connectivity index (χ1v) is 5.20. The van der Waals surface area contributed by atoms with Crippen LogP contribution >= 0.6 is 0 Å². The van der Waals surface area contributed by atoms with Crippen LogP contribution in [0.25, 0.3) is 0 Å². The lowest BCUT2D eigenvalue weighted by Gasteiger charge is -2.18. The van der Waals surface area contributed by atoms with E-state index < -0.39 is 0 Å². The number of nitrogens with one attached hydrogen (secondary N) is 1. The van der Waals surface area contributed by atoms with Crippen LogP contribution in [-0.2, 0) is 0 Å². The number of aliphatic hydroxyl groups excluding tert-OH is 1. The maximum atomic E-state index is 8.65. The molecule has 2 nitrogen and oxygen atoms in total. The molecule has 0 bridgehead atoms. The molecule has 0 spiro atoms. The highest BCUT2D eigenvalue weighted by Gasteiger charge is 2.16. The fourth-order valence-electron chi connectivity index (χ4n) is 1.98. The van der Waals surface area contributed by atoms with E-state index in [1.54, 1.807) is 0 Å². The smallest absolute Gasteiger partial charge is 0.0431 e. The second-order valence-corrected chi connectivity index (χ2v) is 3.91. The van der Waals surface area contributed by atoms with Crippen LogP contribution in [-0.4, -0.2) is 23.8 Å². The molecule has 1 aliphatic rings. The summed E-state index contributed by atoms with van der Waals surface area (Å²) in [5.41, 5.74) is 0. The van der Waals surface area contributed by atoms with E-state index in [2.05, 4.69) is 12.2 Å². The highest BCUT2D eigenvalue weighted by atomic mass is 16.2. The Morgan fingerprint density at radius 3 is 2.67 bits per heavy atom. The zero-order valence-electron chi connectivity index (χ0n) is 8.05. The molecule has 1 fully saturated rings. The van der Waals surface area contributed by atoms with Gasteiger partial charge in [0, 0.05) is 18.7 Å². The molecule has 0 aromatic rings. The fourth-order valence-corrected chi connectivity index (χ4v) is 1.98. The number of aliphatic hydroxyl groups is 1. The molecule has 0 saturated heterocycles. The molecule has 1 aliphatic carbocycles. The first kappa shape index (κ1) is 10.0. The molecule has 0 amide bonds. The summed E-state index contributed by atoms with van der Waals surface area (Å²) in [6.45, 7) is 2.55. The molecule has 1 saturated carbocycles. The van der Waals surface area contributed by atoms with Crippen LogP contribution in [0, 0.1) is 0 Å². The van der Waals surface area contributed by atoms with Gasteiger partial charge in [-0.2, -0.15) is 0 Å². The average Bonchev–Trinajstić information content (AvgIpc) is 2.53. The van der Waals surface area contributed by atoms with Gasteiger partial charge in [-0.25, -0.2) is 0 Å². The van der Waals surface area contributed by atoms with Gasteiger partial charge in [-0.1, -0.05) is 12.8 Å². The van der Waals surface area contributed by atoms with Gasteiger partial charge in [0.05, 0.1) is 0 Å². The van der Waals surface area contributed by atoms with Crippen LogP contribution in [0.3, 0.4) is 0 Å². The third-order valence-corrected chi connectivity index (χ3v) is 2.67. The molecular formula is C10H21NO. The van der Waals surface area contributed by atoms with E-state index in [9.17, 15) is 0 Å². The number of hydrogen-bond donors (Lipinski definition) is 2. The predicted octanol–water partition coefficient (Wildman–Crippen LogP) is 1.68. The minimum absolute atomic E-state index is 0.330.